The van der Waals surface area contributed by atoms with Gasteiger partial charge in [0.2, 0.25) is 0 Å². The fraction of sp³-hybridized carbons (Fsp3) is 0.214. The van der Waals surface area contributed by atoms with Crippen molar-refractivity contribution in [3.05, 3.63) is 51.2 Å². The van der Waals surface area contributed by atoms with Gasteiger partial charge in [-0.05, 0) is 37.6 Å². The molecule has 2 nitrogen and oxygen atoms in total. The van der Waals surface area contributed by atoms with Crippen molar-refractivity contribution in [3.63, 3.8) is 0 Å². The second-order valence-electron chi connectivity index (χ2n) is 3.96. The maximum Gasteiger partial charge on any atom is 0.101 e. The summed E-state index contributed by atoms with van der Waals surface area (Å²) in [5, 5.41) is 12.3. The highest BCUT2D eigenvalue weighted by Gasteiger charge is 2.03. The summed E-state index contributed by atoms with van der Waals surface area (Å²) in [6.45, 7) is 5.03. The molecule has 0 radical (unpaired) electrons. The number of hydrogen-bond acceptors (Lipinski definition) is 3. The zero-order chi connectivity index (χ0) is 12.3. The molecule has 1 N–H and O–H groups in total. The first-order valence-corrected chi connectivity index (χ1v) is 6.31. The number of aryl methyl sites for hydroxylation is 2. The van der Waals surface area contributed by atoms with E-state index in [2.05, 4.69) is 31.3 Å². The van der Waals surface area contributed by atoms with E-state index < -0.39 is 0 Å². The van der Waals surface area contributed by atoms with Crippen LogP contribution in [0.1, 0.15) is 20.9 Å². The van der Waals surface area contributed by atoms with Gasteiger partial charge >= 0.3 is 0 Å². The molecular weight excluding hydrogens is 228 g/mol. The Morgan fingerprint density at radius 2 is 2.06 bits per heavy atom. The molecule has 0 saturated heterocycles. The molecule has 0 bridgehead atoms. The van der Waals surface area contributed by atoms with Crippen LogP contribution in [-0.2, 0) is 6.54 Å². The quantitative estimate of drug-likeness (QED) is 0.887. The van der Waals surface area contributed by atoms with Crippen LogP contribution >= 0.6 is 11.3 Å². The third kappa shape index (κ3) is 2.66. The predicted octanol–water partition coefficient (Wildman–Crippen LogP) is 3.85. The van der Waals surface area contributed by atoms with E-state index in [1.54, 1.807) is 11.3 Å². The van der Waals surface area contributed by atoms with Gasteiger partial charge in [0.1, 0.15) is 6.07 Å². The third-order valence-electron chi connectivity index (χ3n) is 2.72. The molecule has 0 spiro atoms. The molecule has 3 heteroatoms. The van der Waals surface area contributed by atoms with Crippen molar-refractivity contribution in [3.8, 4) is 6.07 Å². The second kappa shape index (κ2) is 5.03. The monoisotopic (exact) mass is 242 g/mol. The molecule has 0 fully saturated rings. The molecule has 17 heavy (non-hydrogen) atoms. The van der Waals surface area contributed by atoms with Crippen molar-refractivity contribution in [2.45, 2.75) is 20.4 Å². The number of anilines is 1. The van der Waals surface area contributed by atoms with Crippen molar-refractivity contribution in [2.24, 2.45) is 0 Å². The van der Waals surface area contributed by atoms with E-state index >= 15 is 0 Å². The summed E-state index contributed by atoms with van der Waals surface area (Å²) in [6, 6.07) is 12.0. The molecule has 2 rings (SSSR count). The Hall–Kier alpha value is -1.79. The van der Waals surface area contributed by atoms with Gasteiger partial charge in [-0.3, -0.25) is 0 Å². The largest absolute Gasteiger partial charge is 0.379 e. The van der Waals surface area contributed by atoms with Crippen molar-refractivity contribution in [1.82, 2.24) is 0 Å². The molecule has 1 aromatic heterocycles. The summed E-state index contributed by atoms with van der Waals surface area (Å²) in [4.78, 5) is 2.66. The number of nitrogens with one attached hydrogen (secondary N) is 1. The lowest BCUT2D eigenvalue weighted by molar-refractivity contribution is 1.18. The first-order valence-electron chi connectivity index (χ1n) is 5.49. The third-order valence-corrected chi connectivity index (χ3v) is 3.87. The molecule has 0 amide bonds. The van der Waals surface area contributed by atoms with E-state index in [1.165, 1.54) is 15.3 Å². The number of nitrogens with zero attached hydrogens (tertiary/aromatic N) is 1. The Bertz CT molecular complexity index is 544. The number of rotatable bonds is 3. The minimum absolute atomic E-state index is 0.692. The molecule has 0 aliphatic carbocycles. The fourth-order valence-corrected chi connectivity index (χ4v) is 2.65. The molecule has 0 aliphatic rings. The Morgan fingerprint density at radius 3 is 2.71 bits per heavy atom. The zero-order valence-corrected chi connectivity index (χ0v) is 10.8. The molecular formula is C14H14N2S. The van der Waals surface area contributed by atoms with Crippen molar-refractivity contribution < 1.29 is 0 Å². The van der Waals surface area contributed by atoms with Crippen LogP contribution < -0.4 is 5.32 Å². The average Bonchev–Trinajstić information content (AvgIpc) is 2.66. The van der Waals surface area contributed by atoms with E-state index in [1.807, 2.05) is 24.3 Å². The highest BCUT2D eigenvalue weighted by Crippen LogP contribution is 2.22. The van der Waals surface area contributed by atoms with E-state index in [0.29, 0.717) is 5.56 Å². The van der Waals surface area contributed by atoms with E-state index in [-0.39, 0.29) is 0 Å². The molecule has 1 aromatic carbocycles. The minimum atomic E-state index is 0.692. The summed E-state index contributed by atoms with van der Waals surface area (Å²) >= 11 is 1.80. The first-order chi connectivity index (χ1) is 8.20. The smallest absolute Gasteiger partial charge is 0.101 e. The van der Waals surface area contributed by atoms with Crippen LogP contribution in [-0.4, -0.2) is 0 Å². The van der Waals surface area contributed by atoms with Gasteiger partial charge in [-0.15, -0.1) is 11.3 Å². The Kier molecular flexibility index (Phi) is 3.46. The summed E-state index contributed by atoms with van der Waals surface area (Å²) in [6.07, 6.45) is 0. The van der Waals surface area contributed by atoms with Crippen LogP contribution in [0.2, 0.25) is 0 Å². The van der Waals surface area contributed by atoms with Gasteiger partial charge < -0.3 is 5.32 Å². The summed E-state index contributed by atoms with van der Waals surface area (Å²) < 4.78 is 0. The number of nitriles is 1. The Balaban J connectivity index is 2.10. The molecule has 1 heterocycles. The van der Waals surface area contributed by atoms with Crippen LogP contribution in [0.3, 0.4) is 0 Å². The van der Waals surface area contributed by atoms with E-state index in [4.69, 9.17) is 5.26 Å². The van der Waals surface area contributed by atoms with Crippen LogP contribution in [0.4, 0.5) is 5.69 Å². The Labute approximate surface area is 106 Å². The second-order valence-corrected chi connectivity index (χ2v) is 5.30. The lowest BCUT2D eigenvalue weighted by Gasteiger charge is -2.06. The lowest BCUT2D eigenvalue weighted by Crippen LogP contribution is -1.99. The fourth-order valence-electron chi connectivity index (χ4n) is 1.65. The van der Waals surface area contributed by atoms with E-state index in [0.717, 1.165) is 12.2 Å². The highest BCUT2D eigenvalue weighted by atomic mass is 32.1. The van der Waals surface area contributed by atoms with Gasteiger partial charge in [0.15, 0.2) is 0 Å². The topological polar surface area (TPSA) is 35.8 Å². The maximum absolute atomic E-state index is 8.98. The standard InChI is InChI=1S/C14H14N2S/c1-10-7-13(17-11(10)2)9-16-14-6-4-3-5-12(14)8-15/h3-7,16H,9H2,1-2H3. The SMILES string of the molecule is Cc1cc(CNc2ccccc2C#N)sc1C. The molecule has 0 aliphatic heterocycles. The Morgan fingerprint density at radius 1 is 1.29 bits per heavy atom. The first kappa shape index (κ1) is 11.7. The number of benzene rings is 1. The zero-order valence-electron chi connectivity index (χ0n) is 9.95. The van der Waals surface area contributed by atoms with Gasteiger partial charge in [-0.1, -0.05) is 12.1 Å². The summed E-state index contributed by atoms with van der Waals surface area (Å²) in [5.41, 5.74) is 2.93. The van der Waals surface area contributed by atoms with Crippen LogP contribution in [0.15, 0.2) is 30.3 Å². The normalized spacial score (nSPS) is 9.94. The highest BCUT2D eigenvalue weighted by molar-refractivity contribution is 7.12. The van der Waals surface area contributed by atoms with Gasteiger partial charge in [-0.2, -0.15) is 5.26 Å². The number of thiophene rings is 1. The van der Waals surface area contributed by atoms with Crippen LogP contribution in [0.25, 0.3) is 0 Å². The molecule has 86 valence electrons. The van der Waals surface area contributed by atoms with Crippen molar-refractivity contribution in [1.29, 1.82) is 5.26 Å². The minimum Gasteiger partial charge on any atom is -0.379 e. The molecule has 2 aromatic rings. The van der Waals surface area contributed by atoms with Gasteiger partial charge in [-0.25, -0.2) is 0 Å². The predicted molar refractivity (Wildman–Crippen MR) is 72.3 cm³/mol. The maximum atomic E-state index is 8.98. The summed E-state index contributed by atoms with van der Waals surface area (Å²) in [5.74, 6) is 0. The lowest BCUT2D eigenvalue weighted by atomic mass is 10.2. The molecule has 0 unspecified atom stereocenters. The van der Waals surface area contributed by atoms with Crippen molar-refractivity contribution >= 4 is 17.0 Å². The number of para-hydroxylation sites is 1. The average molecular weight is 242 g/mol. The molecule has 0 saturated carbocycles. The van der Waals surface area contributed by atoms with Gasteiger partial charge in [0, 0.05) is 16.3 Å². The van der Waals surface area contributed by atoms with Crippen LogP contribution in [0.5, 0.6) is 0 Å². The van der Waals surface area contributed by atoms with Crippen LogP contribution in [0, 0.1) is 25.2 Å². The van der Waals surface area contributed by atoms with Crippen molar-refractivity contribution in [2.75, 3.05) is 5.32 Å². The van der Waals surface area contributed by atoms with E-state index in [9.17, 15) is 0 Å². The van der Waals surface area contributed by atoms with Gasteiger partial charge in [0.25, 0.3) is 0 Å². The summed E-state index contributed by atoms with van der Waals surface area (Å²) in [7, 11) is 0. The van der Waals surface area contributed by atoms with Gasteiger partial charge in [0.05, 0.1) is 11.3 Å². The molecule has 0 atom stereocenters. The number of hydrogen-bond donors (Lipinski definition) is 1.